The molecule has 0 aliphatic carbocycles. The van der Waals surface area contributed by atoms with Crippen LogP contribution in [0.5, 0.6) is 0 Å². The standard InChI is InChI=1S/C38H51FN6O7/c1-37(2,3)31(42-35(49)51-7)33(47)41-29(21-24-14-18-27(39)19-15-24)30(46)23-45(44-34(48)32(38(4,5)6)43-36(50)52-8)22-25-12-16-26(17-13-25)28-11-9-10-20-40-28/h9-20,29-32,46H,21-23H2,1-8H3,(H,41,47)(H,42,49)(H,43,50)(H,44,48)/t29-,30?,31?,32?/m0/s1. The quantitative estimate of drug-likeness (QED) is 0.152. The summed E-state index contributed by atoms with van der Waals surface area (Å²) in [6.07, 6.45) is -1.13. The molecule has 13 nitrogen and oxygen atoms in total. The number of nitrogens with zero attached hydrogens (tertiary/aromatic N) is 2. The number of rotatable bonds is 14. The van der Waals surface area contributed by atoms with Gasteiger partial charge in [-0.15, -0.1) is 0 Å². The van der Waals surface area contributed by atoms with E-state index >= 15 is 0 Å². The maximum atomic E-state index is 13.8. The largest absolute Gasteiger partial charge is 0.453 e. The van der Waals surface area contributed by atoms with Crippen molar-refractivity contribution in [2.75, 3.05) is 20.8 Å². The molecule has 0 bridgehead atoms. The van der Waals surface area contributed by atoms with Gasteiger partial charge in [-0.05, 0) is 52.6 Å². The number of amides is 4. The summed E-state index contributed by atoms with van der Waals surface area (Å²) in [5.41, 5.74) is 4.43. The molecule has 282 valence electrons. The Balaban J connectivity index is 1.97. The second-order valence-corrected chi connectivity index (χ2v) is 14.7. The van der Waals surface area contributed by atoms with Gasteiger partial charge in [0.25, 0.3) is 5.91 Å². The number of aromatic nitrogens is 1. The first-order chi connectivity index (χ1) is 24.4. The number of ether oxygens (including phenoxy) is 2. The number of hydrogen-bond donors (Lipinski definition) is 5. The molecule has 0 saturated carbocycles. The molecule has 14 heteroatoms. The summed E-state index contributed by atoms with van der Waals surface area (Å²) in [6.45, 7) is 10.6. The van der Waals surface area contributed by atoms with Crippen molar-refractivity contribution in [3.63, 3.8) is 0 Å². The van der Waals surface area contributed by atoms with Crippen LogP contribution in [0.1, 0.15) is 52.7 Å². The Morgan fingerprint density at radius 3 is 1.81 bits per heavy atom. The predicted molar refractivity (Wildman–Crippen MR) is 194 cm³/mol. The molecule has 0 aliphatic rings. The number of aliphatic hydroxyl groups excluding tert-OH is 1. The Bertz CT molecular complexity index is 1630. The normalized spacial score (nSPS) is 14.0. The van der Waals surface area contributed by atoms with Crippen molar-refractivity contribution in [1.29, 1.82) is 0 Å². The molecule has 0 fully saturated rings. The van der Waals surface area contributed by atoms with E-state index in [1.807, 2.05) is 42.5 Å². The second kappa shape index (κ2) is 18.4. The van der Waals surface area contributed by atoms with Gasteiger partial charge in [0.1, 0.15) is 17.9 Å². The van der Waals surface area contributed by atoms with E-state index in [1.54, 1.807) is 59.9 Å². The van der Waals surface area contributed by atoms with Gasteiger partial charge in [-0.2, -0.15) is 0 Å². The number of halogens is 1. The predicted octanol–water partition coefficient (Wildman–Crippen LogP) is 4.35. The number of hydrogen-bond acceptors (Lipinski definition) is 9. The fourth-order valence-corrected chi connectivity index (χ4v) is 5.39. The lowest BCUT2D eigenvalue weighted by Crippen LogP contribution is -2.60. The van der Waals surface area contributed by atoms with Crippen molar-refractivity contribution in [1.82, 2.24) is 31.4 Å². The van der Waals surface area contributed by atoms with Crippen LogP contribution >= 0.6 is 0 Å². The Labute approximate surface area is 304 Å². The van der Waals surface area contributed by atoms with Crippen molar-refractivity contribution in [3.05, 3.63) is 89.9 Å². The maximum absolute atomic E-state index is 13.8. The van der Waals surface area contributed by atoms with Gasteiger partial charge in [0.2, 0.25) is 5.91 Å². The van der Waals surface area contributed by atoms with E-state index in [-0.39, 0.29) is 19.5 Å². The molecule has 3 rings (SSSR count). The highest BCUT2D eigenvalue weighted by Crippen LogP contribution is 2.23. The van der Waals surface area contributed by atoms with Crippen molar-refractivity contribution in [2.45, 2.75) is 78.7 Å². The van der Waals surface area contributed by atoms with Crippen LogP contribution in [0.2, 0.25) is 0 Å². The van der Waals surface area contributed by atoms with Crippen molar-refractivity contribution in [3.8, 4) is 11.3 Å². The van der Waals surface area contributed by atoms with Crippen LogP contribution in [0.3, 0.4) is 0 Å². The average Bonchev–Trinajstić information content (AvgIpc) is 3.09. The number of aliphatic hydroxyl groups is 1. The molecule has 2 aromatic carbocycles. The molecule has 3 unspecified atom stereocenters. The van der Waals surface area contributed by atoms with Gasteiger partial charge in [-0.25, -0.2) is 19.0 Å². The number of pyridine rings is 1. The van der Waals surface area contributed by atoms with E-state index in [4.69, 9.17) is 9.47 Å². The van der Waals surface area contributed by atoms with Gasteiger partial charge in [-0.1, -0.05) is 84.0 Å². The highest BCUT2D eigenvalue weighted by atomic mass is 19.1. The van der Waals surface area contributed by atoms with Crippen LogP contribution in [0, 0.1) is 16.6 Å². The van der Waals surface area contributed by atoms with Gasteiger partial charge in [0.05, 0.1) is 32.1 Å². The molecule has 0 saturated heterocycles. The molecule has 4 amide bonds. The molecule has 0 spiro atoms. The van der Waals surface area contributed by atoms with Crippen molar-refractivity contribution >= 4 is 24.0 Å². The number of hydrazine groups is 1. The van der Waals surface area contributed by atoms with E-state index in [9.17, 15) is 28.7 Å². The molecule has 0 aliphatic heterocycles. The molecule has 3 aromatic rings. The van der Waals surface area contributed by atoms with Gasteiger partial charge in [0.15, 0.2) is 0 Å². The first-order valence-corrected chi connectivity index (χ1v) is 16.9. The minimum Gasteiger partial charge on any atom is -0.453 e. The van der Waals surface area contributed by atoms with Crippen molar-refractivity contribution in [2.24, 2.45) is 10.8 Å². The number of nitrogens with one attached hydrogen (secondary N) is 4. The molecule has 4 atom stereocenters. The summed E-state index contributed by atoms with van der Waals surface area (Å²) in [5, 5.41) is 21.4. The number of carbonyl (C=O) groups is 4. The lowest BCUT2D eigenvalue weighted by atomic mass is 9.85. The van der Waals surface area contributed by atoms with E-state index < -0.39 is 64.9 Å². The van der Waals surface area contributed by atoms with Crippen LogP contribution in [0.4, 0.5) is 14.0 Å². The van der Waals surface area contributed by atoms with E-state index in [0.717, 1.165) is 16.8 Å². The van der Waals surface area contributed by atoms with Crippen LogP contribution in [0.15, 0.2) is 72.9 Å². The summed E-state index contributed by atoms with van der Waals surface area (Å²) in [6, 6.07) is 15.7. The number of alkyl carbamates (subject to hydrolysis) is 2. The van der Waals surface area contributed by atoms with Gasteiger partial charge in [0, 0.05) is 24.8 Å². The zero-order valence-electron chi connectivity index (χ0n) is 31.0. The molecular formula is C38H51FN6O7. The maximum Gasteiger partial charge on any atom is 0.407 e. The third kappa shape index (κ3) is 12.6. The Morgan fingerprint density at radius 1 is 0.769 bits per heavy atom. The first kappa shape index (κ1) is 41.3. The number of carbonyl (C=O) groups excluding carboxylic acids is 4. The number of benzene rings is 2. The first-order valence-electron chi connectivity index (χ1n) is 16.9. The Hall–Kier alpha value is -5.08. The highest BCUT2D eigenvalue weighted by Gasteiger charge is 2.37. The number of methoxy groups -OCH3 is 2. The summed E-state index contributed by atoms with van der Waals surface area (Å²) < 4.78 is 23.3. The third-order valence-electron chi connectivity index (χ3n) is 8.28. The molecule has 1 aromatic heterocycles. The minimum atomic E-state index is -1.32. The summed E-state index contributed by atoms with van der Waals surface area (Å²) >= 11 is 0. The zero-order valence-corrected chi connectivity index (χ0v) is 31.0. The highest BCUT2D eigenvalue weighted by molar-refractivity contribution is 5.87. The molecule has 0 radical (unpaired) electrons. The van der Waals surface area contributed by atoms with Crippen LogP contribution in [0.25, 0.3) is 11.3 Å². The van der Waals surface area contributed by atoms with E-state index in [0.29, 0.717) is 5.56 Å². The molecular weight excluding hydrogens is 671 g/mol. The zero-order chi connectivity index (χ0) is 38.6. The van der Waals surface area contributed by atoms with E-state index in [2.05, 4.69) is 26.4 Å². The Kier molecular flexibility index (Phi) is 14.6. The average molecular weight is 723 g/mol. The lowest BCUT2D eigenvalue weighted by Gasteiger charge is -2.35. The van der Waals surface area contributed by atoms with Gasteiger partial charge in [-0.3, -0.25) is 20.0 Å². The van der Waals surface area contributed by atoms with Crippen LogP contribution in [-0.2, 0) is 32.0 Å². The van der Waals surface area contributed by atoms with E-state index in [1.165, 1.54) is 31.4 Å². The SMILES string of the molecule is COC(=O)NC(C(=O)N[C@@H](Cc1ccc(F)cc1)C(O)CN(Cc1ccc(-c2ccccn2)cc1)NC(=O)C(NC(=O)OC)C(C)(C)C)C(C)(C)C. The molecule has 1 heterocycles. The van der Waals surface area contributed by atoms with Gasteiger partial charge >= 0.3 is 12.2 Å². The van der Waals surface area contributed by atoms with Crippen LogP contribution < -0.4 is 21.4 Å². The van der Waals surface area contributed by atoms with Crippen LogP contribution in [-0.4, -0.2) is 84.1 Å². The summed E-state index contributed by atoms with van der Waals surface area (Å²) in [4.78, 5) is 56.3. The van der Waals surface area contributed by atoms with Crippen molar-refractivity contribution < 1.29 is 38.1 Å². The summed E-state index contributed by atoms with van der Waals surface area (Å²) in [5.74, 6) is -1.60. The minimum absolute atomic E-state index is 0.0807. The fourth-order valence-electron chi connectivity index (χ4n) is 5.39. The fraction of sp³-hybridized carbons (Fsp3) is 0.447. The summed E-state index contributed by atoms with van der Waals surface area (Å²) in [7, 11) is 2.39. The monoisotopic (exact) mass is 722 g/mol. The Morgan fingerprint density at radius 2 is 1.31 bits per heavy atom. The second-order valence-electron chi connectivity index (χ2n) is 14.7. The molecule has 52 heavy (non-hydrogen) atoms. The third-order valence-corrected chi connectivity index (χ3v) is 8.28. The smallest absolute Gasteiger partial charge is 0.407 e. The lowest BCUT2D eigenvalue weighted by molar-refractivity contribution is -0.132. The topological polar surface area (TPSA) is 171 Å². The van der Waals surface area contributed by atoms with Gasteiger partial charge < -0.3 is 30.5 Å². The molecule has 5 N–H and O–H groups in total.